The zero-order chi connectivity index (χ0) is 14.7. The molecule has 4 heteroatoms. The van der Waals surface area contributed by atoms with Crippen molar-refractivity contribution in [1.82, 2.24) is 0 Å². The van der Waals surface area contributed by atoms with Crippen molar-refractivity contribution in [3.8, 4) is 5.75 Å². The van der Waals surface area contributed by atoms with Gasteiger partial charge in [0.2, 0.25) is 0 Å². The second kappa shape index (κ2) is 6.14. The van der Waals surface area contributed by atoms with E-state index in [0.717, 1.165) is 21.9 Å². The Hall–Kier alpha value is -1.74. The highest BCUT2D eigenvalue weighted by atomic mass is 35.5. The second-order valence-electron chi connectivity index (χ2n) is 5.00. The number of rotatable bonds is 5. The van der Waals surface area contributed by atoms with Crippen LogP contribution in [0.15, 0.2) is 28.7 Å². The molecule has 0 aliphatic heterocycles. The van der Waals surface area contributed by atoms with E-state index in [-0.39, 0.29) is 6.61 Å². The lowest BCUT2D eigenvalue weighted by Gasteiger charge is -2.15. The number of hydrogen-bond acceptors (Lipinski definition) is 3. The standard InChI is InChI=1S/C16H17ClO3/c1-10(2)14-7-15(17)11(3)6-16(14)19-9-13-5-4-12(8-18)20-13/h4-8,10H,9H2,1-3H3. The number of halogens is 1. The summed E-state index contributed by atoms with van der Waals surface area (Å²) in [4.78, 5) is 10.6. The normalized spacial score (nSPS) is 10.8. The van der Waals surface area contributed by atoms with Crippen LogP contribution >= 0.6 is 11.6 Å². The summed E-state index contributed by atoms with van der Waals surface area (Å²) < 4.78 is 11.1. The Balaban J connectivity index is 2.19. The van der Waals surface area contributed by atoms with Gasteiger partial charge >= 0.3 is 0 Å². The molecule has 1 aromatic heterocycles. The molecule has 0 atom stereocenters. The zero-order valence-electron chi connectivity index (χ0n) is 11.8. The summed E-state index contributed by atoms with van der Waals surface area (Å²) in [6, 6.07) is 7.24. The van der Waals surface area contributed by atoms with Crippen LogP contribution in [-0.4, -0.2) is 6.29 Å². The number of carbonyl (C=O) groups excluding carboxylic acids is 1. The fraction of sp³-hybridized carbons (Fsp3) is 0.312. The molecular formula is C16H17ClO3. The minimum absolute atomic E-state index is 0.286. The molecule has 0 radical (unpaired) electrons. The number of furan rings is 1. The van der Waals surface area contributed by atoms with Crippen LogP contribution in [0.2, 0.25) is 5.02 Å². The van der Waals surface area contributed by atoms with E-state index in [2.05, 4.69) is 13.8 Å². The first-order valence-corrected chi connectivity index (χ1v) is 6.85. The predicted molar refractivity (Wildman–Crippen MR) is 78.7 cm³/mol. The van der Waals surface area contributed by atoms with Crippen LogP contribution in [0, 0.1) is 6.92 Å². The van der Waals surface area contributed by atoms with Gasteiger partial charge in [0.1, 0.15) is 18.1 Å². The van der Waals surface area contributed by atoms with E-state index >= 15 is 0 Å². The van der Waals surface area contributed by atoms with Crippen molar-refractivity contribution >= 4 is 17.9 Å². The maximum atomic E-state index is 10.6. The summed E-state index contributed by atoms with van der Waals surface area (Å²) in [5.41, 5.74) is 2.03. The first kappa shape index (κ1) is 14.7. The quantitative estimate of drug-likeness (QED) is 0.746. The van der Waals surface area contributed by atoms with Gasteiger partial charge in [0.25, 0.3) is 0 Å². The lowest BCUT2D eigenvalue weighted by atomic mass is 10.0. The molecule has 0 aliphatic rings. The van der Waals surface area contributed by atoms with E-state index in [0.29, 0.717) is 23.7 Å². The molecule has 0 bridgehead atoms. The summed E-state index contributed by atoms with van der Waals surface area (Å²) in [6.45, 7) is 6.40. The van der Waals surface area contributed by atoms with Crippen molar-refractivity contribution < 1.29 is 13.9 Å². The van der Waals surface area contributed by atoms with Gasteiger partial charge in [-0.25, -0.2) is 0 Å². The zero-order valence-corrected chi connectivity index (χ0v) is 12.5. The lowest BCUT2D eigenvalue weighted by Crippen LogP contribution is -2.00. The summed E-state index contributed by atoms with van der Waals surface area (Å²) in [7, 11) is 0. The van der Waals surface area contributed by atoms with Gasteiger partial charge in [-0.05, 0) is 48.2 Å². The van der Waals surface area contributed by atoms with E-state index in [1.165, 1.54) is 0 Å². The molecule has 0 aliphatic carbocycles. The minimum atomic E-state index is 0.286. The van der Waals surface area contributed by atoms with Crippen molar-refractivity contribution in [1.29, 1.82) is 0 Å². The third-order valence-corrected chi connectivity index (χ3v) is 3.49. The molecule has 1 heterocycles. The van der Waals surface area contributed by atoms with Gasteiger partial charge in [0.05, 0.1) is 0 Å². The van der Waals surface area contributed by atoms with E-state index in [9.17, 15) is 4.79 Å². The van der Waals surface area contributed by atoms with Crippen molar-refractivity contribution in [3.63, 3.8) is 0 Å². The molecule has 0 spiro atoms. The van der Waals surface area contributed by atoms with Crippen LogP contribution in [0.4, 0.5) is 0 Å². The summed E-state index contributed by atoms with van der Waals surface area (Å²) in [6.07, 6.45) is 0.676. The van der Waals surface area contributed by atoms with E-state index < -0.39 is 0 Å². The maximum Gasteiger partial charge on any atom is 0.185 e. The largest absolute Gasteiger partial charge is 0.485 e. The van der Waals surface area contributed by atoms with Crippen LogP contribution in [0.1, 0.15) is 47.2 Å². The first-order chi connectivity index (χ1) is 9.51. The van der Waals surface area contributed by atoms with E-state index in [1.807, 2.05) is 19.1 Å². The number of ether oxygens (including phenoxy) is 1. The third-order valence-electron chi connectivity index (χ3n) is 3.08. The van der Waals surface area contributed by atoms with Crippen molar-refractivity contribution in [2.45, 2.75) is 33.3 Å². The van der Waals surface area contributed by atoms with Gasteiger partial charge < -0.3 is 9.15 Å². The average Bonchev–Trinajstić information content (AvgIpc) is 2.87. The monoisotopic (exact) mass is 292 g/mol. The predicted octanol–water partition coefficient (Wildman–Crippen LogP) is 4.76. The molecule has 0 fully saturated rings. The molecule has 2 aromatic rings. The van der Waals surface area contributed by atoms with Crippen LogP contribution in [0.25, 0.3) is 0 Å². The van der Waals surface area contributed by atoms with Gasteiger partial charge in [-0.3, -0.25) is 4.79 Å². The Bertz CT molecular complexity index is 614. The number of aldehydes is 1. The van der Waals surface area contributed by atoms with Gasteiger partial charge in [0.15, 0.2) is 12.0 Å². The molecule has 0 unspecified atom stereocenters. The highest BCUT2D eigenvalue weighted by molar-refractivity contribution is 6.31. The fourth-order valence-corrected chi connectivity index (χ4v) is 2.10. The molecule has 3 nitrogen and oxygen atoms in total. The SMILES string of the molecule is Cc1cc(OCc2ccc(C=O)o2)c(C(C)C)cc1Cl. The third kappa shape index (κ3) is 3.23. The van der Waals surface area contributed by atoms with Gasteiger partial charge in [-0.2, -0.15) is 0 Å². The molecule has 1 aromatic carbocycles. The fourth-order valence-electron chi connectivity index (χ4n) is 1.93. The van der Waals surface area contributed by atoms with Crippen LogP contribution in [-0.2, 0) is 6.61 Å². The van der Waals surface area contributed by atoms with Crippen molar-refractivity contribution in [2.75, 3.05) is 0 Å². The molecular weight excluding hydrogens is 276 g/mol. The Morgan fingerprint density at radius 1 is 1.35 bits per heavy atom. The number of carbonyl (C=O) groups is 1. The first-order valence-electron chi connectivity index (χ1n) is 6.48. The molecule has 0 saturated heterocycles. The van der Waals surface area contributed by atoms with Crippen molar-refractivity contribution in [3.05, 3.63) is 51.9 Å². The van der Waals surface area contributed by atoms with E-state index in [1.54, 1.807) is 12.1 Å². The summed E-state index contributed by atoms with van der Waals surface area (Å²) in [5.74, 6) is 2.03. The second-order valence-corrected chi connectivity index (χ2v) is 5.41. The maximum absolute atomic E-state index is 10.6. The molecule has 0 saturated carbocycles. The van der Waals surface area contributed by atoms with Gasteiger partial charge in [0, 0.05) is 5.02 Å². The molecule has 20 heavy (non-hydrogen) atoms. The highest BCUT2D eigenvalue weighted by Crippen LogP contribution is 2.32. The molecule has 0 amide bonds. The van der Waals surface area contributed by atoms with Crippen molar-refractivity contribution in [2.24, 2.45) is 0 Å². The topological polar surface area (TPSA) is 39.4 Å². The highest BCUT2D eigenvalue weighted by Gasteiger charge is 2.12. The Kier molecular flexibility index (Phi) is 4.50. The van der Waals surface area contributed by atoms with Crippen LogP contribution in [0.5, 0.6) is 5.75 Å². The Morgan fingerprint density at radius 3 is 2.70 bits per heavy atom. The minimum Gasteiger partial charge on any atom is -0.485 e. The molecule has 0 N–H and O–H groups in total. The molecule has 2 rings (SSSR count). The Morgan fingerprint density at radius 2 is 2.10 bits per heavy atom. The molecule has 106 valence electrons. The summed E-state index contributed by atoms with van der Waals surface area (Å²) >= 11 is 6.16. The average molecular weight is 293 g/mol. The van der Waals surface area contributed by atoms with Gasteiger partial charge in [-0.1, -0.05) is 25.4 Å². The van der Waals surface area contributed by atoms with Crippen LogP contribution < -0.4 is 4.74 Å². The number of benzene rings is 1. The smallest absolute Gasteiger partial charge is 0.185 e. The Labute approximate surface area is 123 Å². The summed E-state index contributed by atoms with van der Waals surface area (Å²) in [5, 5.41) is 0.738. The van der Waals surface area contributed by atoms with E-state index in [4.69, 9.17) is 20.8 Å². The number of aryl methyl sites for hydroxylation is 1. The lowest BCUT2D eigenvalue weighted by molar-refractivity contribution is 0.109. The number of hydrogen-bond donors (Lipinski definition) is 0. The van der Waals surface area contributed by atoms with Gasteiger partial charge in [-0.15, -0.1) is 0 Å². The van der Waals surface area contributed by atoms with Crippen LogP contribution in [0.3, 0.4) is 0 Å².